The Hall–Kier alpha value is 2.12. The largest absolute Gasteiger partial charge is 1.00 e. The van der Waals surface area contributed by atoms with Crippen molar-refractivity contribution in [2.24, 2.45) is 0 Å². The van der Waals surface area contributed by atoms with Gasteiger partial charge >= 0.3 is 76.7 Å². The molecule has 7 heavy (non-hydrogen) atoms. The van der Waals surface area contributed by atoms with Gasteiger partial charge in [0.1, 0.15) is 0 Å². The molecule has 0 aromatic rings. The zero-order valence-corrected chi connectivity index (χ0v) is 11.1. The van der Waals surface area contributed by atoms with E-state index in [1.807, 2.05) is 0 Å². The molecule has 0 aromatic carbocycles. The van der Waals surface area contributed by atoms with E-state index in [0.717, 1.165) is 0 Å². The van der Waals surface area contributed by atoms with Crippen molar-refractivity contribution in [2.75, 3.05) is 0 Å². The van der Waals surface area contributed by atoms with Gasteiger partial charge in [-0.1, -0.05) is 0 Å². The average molecular weight is 249 g/mol. The van der Waals surface area contributed by atoms with Crippen LogP contribution in [0.5, 0.6) is 0 Å². The minimum atomic E-state index is -4.64. The Kier molecular flexibility index (Phi) is 14.3. The van der Waals surface area contributed by atoms with Gasteiger partial charge in [0.15, 0.2) is 0 Å². The Bertz CT molecular complexity index is 62.2. The van der Waals surface area contributed by atoms with Gasteiger partial charge in [0.05, 0.1) is 0 Å². The molecule has 0 amide bonds. The number of rotatable bonds is 0. The molecule has 0 rings (SSSR count). The summed E-state index contributed by atoms with van der Waals surface area (Å²) in [6, 6.07) is 0. The van der Waals surface area contributed by atoms with E-state index < -0.39 is 7.82 Å². The first kappa shape index (κ1) is 16.1. The van der Waals surface area contributed by atoms with Crippen LogP contribution in [0.15, 0.2) is 0 Å². The number of hydrogen-bond acceptors (Lipinski definition) is 2. The van der Waals surface area contributed by atoms with Crippen LogP contribution in [-0.2, 0) is 4.57 Å². The second-order valence-corrected chi connectivity index (χ2v) is 1.54. The van der Waals surface area contributed by atoms with Gasteiger partial charge in [-0.05, 0) is 0 Å². The molecule has 0 unspecified atom stereocenters. The topological polar surface area (TPSA) is 113 Å². The van der Waals surface area contributed by atoms with Crippen LogP contribution in [0.2, 0.25) is 0 Å². The van der Waals surface area contributed by atoms with E-state index in [0.29, 0.717) is 0 Å². The molecule has 0 saturated carbocycles. The average Bonchev–Trinajstić information content (AvgIpc) is 0.722. The van der Waals surface area contributed by atoms with Crippen LogP contribution in [0.1, 0.15) is 1.43 Å². The molecular formula is H7CsNO4P. The van der Waals surface area contributed by atoms with Crippen molar-refractivity contribution in [1.29, 1.82) is 0 Å². The molecule has 0 aromatic heterocycles. The molecule has 0 heterocycles. The Morgan fingerprint density at radius 3 is 1.29 bits per heavy atom. The van der Waals surface area contributed by atoms with Gasteiger partial charge in [0.25, 0.3) is 0 Å². The molecule has 0 saturated heterocycles. The van der Waals surface area contributed by atoms with Gasteiger partial charge in [-0.15, -0.1) is 0 Å². The third kappa shape index (κ3) is 67.6. The second-order valence-electron chi connectivity index (χ2n) is 0.513. The Labute approximate surface area is 101 Å². The molecule has 5 nitrogen and oxygen atoms in total. The third-order valence-electron chi connectivity index (χ3n) is 0. The van der Waals surface area contributed by atoms with Gasteiger partial charge in [-0.3, -0.25) is 0 Å². The van der Waals surface area contributed by atoms with Crippen molar-refractivity contribution in [3.05, 3.63) is 0 Å². The van der Waals surface area contributed by atoms with Crippen molar-refractivity contribution in [3.63, 3.8) is 0 Å². The fraction of sp³-hybridized carbons (Fsp3) is 0. The maximum Gasteiger partial charge on any atom is 1.00 e. The minimum absolute atomic E-state index is 0. The van der Waals surface area contributed by atoms with E-state index in [2.05, 4.69) is 0 Å². The van der Waals surface area contributed by atoms with Crippen LogP contribution in [0.25, 0.3) is 0 Å². The SMILES string of the molecule is N.O=P(O)(O)O.[Cs+].[H-]. The molecule has 0 fully saturated rings. The molecule has 0 aliphatic heterocycles. The number of phosphoric acid groups is 1. The smallest absolute Gasteiger partial charge is 1.00 e. The minimum Gasteiger partial charge on any atom is -1.00 e. The monoisotopic (exact) mass is 249 g/mol. The number of hydrogen-bond donors (Lipinski definition) is 4. The van der Waals surface area contributed by atoms with Crippen LogP contribution in [0, 0.1) is 0 Å². The van der Waals surface area contributed by atoms with Crippen LogP contribution in [-0.4, -0.2) is 14.7 Å². The molecule has 0 spiro atoms. The summed E-state index contributed by atoms with van der Waals surface area (Å²) in [5, 5.41) is 0. The van der Waals surface area contributed by atoms with Crippen molar-refractivity contribution < 1.29 is 89.6 Å². The standard InChI is InChI=1S/Cs.H3N.H3O4P.H/c;;1-5(2,3)4;/h;1H3;(H3,1,2,3,4);/q+1;;;-1. The molecule has 0 atom stereocenters. The van der Waals surface area contributed by atoms with Crippen LogP contribution >= 0.6 is 7.82 Å². The fourth-order valence-corrected chi connectivity index (χ4v) is 0. The molecular weight excluding hydrogens is 242 g/mol. The predicted octanol–water partition coefficient (Wildman–Crippen LogP) is -3.65. The zero-order valence-electron chi connectivity index (χ0n) is 4.90. The van der Waals surface area contributed by atoms with Crippen molar-refractivity contribution in [2.45, 2.75) is 0 Å². The maximum atomic E-state index is 8.88. The summed E-state index contributed by atoms with van der Waals surface area (Å²) in [7, 11) is -4.64. The Balaban J connectivity index is -0.0000000267. The quantitative estimate of drug-likeness (QED) is 0.331. The summed E-state index contributed by atoms with van der Waals surface area (Å²) < 4.78 is 8.88. The maximum absolute atomic E-state index is 8.88. The van der Waals surface area contributed by atoms with Crippen LogP contribution < -0.4 is 75.0 Å². The summed E-state index contributed by atoms with van der Waals surface area (Å²) in [6.07, 6.45) is 0. The Morgan fingerprint density at radius 1 is 1.29 bits per heavy atom. The zero-order chi connectivity index (χ0) is 4.50. The van der Waals surface area contributed by atoms with Gasteiger partial charge in [-0.2, -0.15) is 0 Å². The van der Waals surface area contributed by atoms with Gasteiger partial charge < -0.3 is 22.3 Å². The van der Waals surface area contributed by atoms with Gasteiger partial charge in [-0.25, -0.2) is 4.57 Å². The molecule has 0 aliphatic rings. The van der Waals surface area contributed by atoms with Crippen LogP contribution in [0.4, 0.5) is 0 Å². The van der Waals surface area contributed by atoms with E-state index in [4.69, 9.17) is 19.2 Å². The summed E-state index contributed by atoms with van der Waals surface area (Å²) in [4.78, 5) is 21.6. The molecule has 0 bridgehead atoms. The summed E-state index contributed by atoms with van der Waals surface area (Å²) >= 11 is 0. The first-order valence-electron chi connectivity index (χ1n) is 0.783. The van der Waals surface area contributed by atoms with E-state index >= 15 is 0 Å². The first-order valence-corrected chi connectivity index (χ1v) is 2.35. The van der Waals surface area contributed by atoms with Crippen molar-refractivity contribution in [1.82, 2.24) is 6.15 Å². The molecule has 7 heteroatoms. The molecule has 0 aliphatic carbocycles. The van der Waals surface area contributed by atoms with Gasteiger partial charge in [0, 0.05) is 0 Å². The predicted molar refractivity (Wildman–Crippen MR) is 20.4 cm³/mol. The first-order chi connectivity index (χ1) is 2.00. The summed E-state index contributed by atoms with van der Waals surface area (Å²) in [6.45, 7) is 0. The van der Waals surface area contributed by atoms with E-state index in [9.17, 15) is 0 Å². The van der Waals surface area contributed by atoms with E-state index in [-0.39, 0.29) is 76.5 Å². The van der Waals surface area contributed by atoms with E-state index in [1.165, 1.54) is 0 Å². The van der Waals surface area contributed by atoms with E-state index in [1.54, 1.807) is 0 Å². The molecule has 42 valence electrons. The van der Waals surface area contributed by atoms with Crippen LogP contribution in [0.3, 0.4) is 0 Å². The molecule has 6 N–H and O–H groups in total. The molecule has 0 radical (unpaired) electrons. The summed E-state index contributed by atoms with van der Waals surface area (Å²) in [5.74, 6) is 0. The van der Waals surface area contributed by atoms with Crippen molar-refractivity contribution >= 4 is 7.82 Å². The Morgan fingerprint density at radius 2 is 1.29 bits per heavy atom. The van der Waals surface area contributed by atoms with Gasteiger partial charge in [0.2, 0.25) is 0 Å². The normalized spacial score (nSPS) is 8.43. The van der Waals surface area contributed by atoms with Crippen molar-refractivity contribution in [3.8, 4) is 0 Å². The third-order valence-corrected chi connectivity index (χ3v) is 0. The fourth-order valence-electron chi connectivity index (χ4n) is 0. The summed E-state index contributed by atoms with van der Waals surface area (Å²) in [5.41, 5.74) is 0. The second kappa shape index (κ2) is 6.25.